The van der Waals surface area contributed by atoms with Gasteiger partial charge in [-0.2, -0.15) is 11.8 Å². The molecule has 1 aromatic heterocycles. The van der Waals surface area contributed by atoms with Crippen LogP contribution in [0.3, 0.4) is 0 Å². The average molecular weight is 255 g/mol. The van der Waals surface area contributed by atoms with Gasteiger partial charge in [0.2, 0.25) is 0 Å². The number of hydrogen-bond donors (Lipinski definition) is 1. The second kappa shape index (κ2) is 6.44. The molecule has 1 unspecified atom stereocenters. The highest BCUT2D eigenvalue weighted by molar-refractivity contribution is 7.98. The minimum absolute atomic E-state index is 0.0623. The number of aryl methyl sites for hydroxylation is 1. The molecule has 0 aromatic carbocycles. The highest BCUT2D eigenvalue weighted by Crippen LogP contribution is 2.19. The highest BCUT2D eigenvalue weighted by Gasteiger charge is 2.12. The van der Waals surface area contributed by atoms with Gasteiger partial charge in [0, 0.05) is 11.6 Å². The number of rotatable bonds is 6. The van der Waals surface area contributed by atoms with Crippen LogP contribution in [0.5, 0.6) is 0 Å². The van der Waals surface area contributed by atoms with Crippen molar-refractivity contribution >= 4 is 23.3 Å². The Morgan fingerprint density at radius 2 is 2.35 bits per heavy atom. The van der Waals surface area contributed by atoms with Crippen molar-refractivity contribution in [2.45, 2.75) is 26.3 Å². The van der Waals surface area contributed by atoms with Gasteiger partial charge in [0.25, 0.3) is 5.69 Å². The largest absolute Gasteiger partial charge is 0.368 e. The molecule has 1 rings (SSSR count). The van der Waals surface area contributed by atoms with Crippen LogP contribution in [-0.4, -0.2) is 28.0 Å². The summed E-state index contributed by atoms with van der Waals surface area (Å²) in [4.78, 5) is 14.3. The first-order valence-corrected chi connectivity index (χ1v) is 6.80. The second-order valence-electron chi connectivity index (χ2n) is 3.94. The third kappa shape index (κ3) is 4.22. The average Bonchev–Trinajstić information content (AvgIpc) is 2.26. The number of thioether (sulfide) groups is 1. The minimum atomic E-state index is -0.413. The molecule has 5 nitrogen and oxygen atoms in total. The molecule has 0 fully saturated rings. The first kappa shape index (κ1) is 13.8. The molecule has 0 bridgehead atoms. The maximum absolute atomic E-state index is 10.6. The third-order valence-corrected chi connectivity index (χ3v) is 3.07. The van der Waals surface area contributed by atoms with Crippen molar-refractivity contribution in [2.24, 2.45) is 0 Å². The SMILES string of the molecule is CSCCC(C)Nc1cc(C)c([N+](=O)[O-])cn1. The molecule has 1 N–H and O–H groups in total. The Bertz CT molecular complexity index is 398. The van der Waals surface area contributed by atoms with E-state index in [1.165, 1.54) is 6.20 Å². The van der Waals surface area contributed by atoms with Crippen molar-refractivity contribution in [1.82, 2.24) is 4.98 Å². The van der Waals surface area contributed by atoms with Crippen LogP contribution in [0.25, 0.3) is 0 Å². The van der Waals surface area contributed by atoms with Gasteiger partial charge in [0.05, 0.1) is 4.92 Å². The molecule has 17 heavy (non-hydrogen) atoms. The van der Waals surface area contributed by atoms with Crippen molar-refractivity contribution < 1.29 is 4.92 Å². The molecule has 6 heteroatoms. The molecule has 0 saturated heterocycles. The second-order valence-corrected chi connectivity index (χ2v) is 4.93. The zero-order chi connectivity index (χ0) is 12.8. The zero-order valence-electron chi connectivity index (χ0n) is 10.3. The maximum atomic E-state index is 10.6. The lowest BCUT2D eigenvalue weighted by atomic mass is 10.2. The monoisotopic (exact) mass is 255 g/mol. The normalized spacial score (nSPS) is 12.2. The number of nitrogens with zero attached hydrogens (tertiary/aromatic N) is 2. The van der Waals surface area contributed by atoms with E-state index in [-0.39, 0.29) is 5.69 Å². The number of nitro groups is 1. The summed E-state index contributed by atoms with van der Waals surface area (Å²) in [5, 5.41) is 13.9. The predicted octanol–water partition coefficient (Wildman–Crippen LogP) is 2.85. The van der Waals surface area contributed by atoms with Crippen molar-refractivity contribution in [3.63, 3.8) is 0 Å². The van der Waals surface area contributed by atoms with Gasteiger partial charge in [0.1, 0.15) is 12.0 Å². The van der Waals surface area contributed by atoms with E-state index < -0.39 is 4.92 Å². The van der Waals surface area contributed by atoms with Crippen LogP contribution in [-0.2, 0) is 0 Å². The van der Waals surface area contributed by atoms with Crippen molar-refractivity contribution in [2.75, 3.05) is 17.3 Å². The molecule has 0 aliphatic carbocycles. The molecule has 0 radical (unpaired) electrons. The van der Waals surface area contributed by atoms with Gasteiger partial charge in [-0.3, -0.25) is 10.1 Å². The number of hydrogen-bond acceptors (Lipinski definition) is 5. The Morgan fingerprint density at radius 3 is 2.88 bits per heavy atom. The minimum Gasteiger partial charge on any atom is -0.368 e. The first-order valence-electron chi connectivity index (χ1n) is 5.41. The van der Waals surface area contributed by atoms with E-state index in [0.29, 0.717) is 17.4 Å². The summed E-state index contributed by atoms with van der Waals surface area (Å²) in [6.07, 6.45) is 4.42. The molecule has 0 spiro atoms. The molecular weight excluding hydrogens is 238 g/mol. The van der Waals surface area contributed by atoms with Gasteiger partial charge < -0.3 is 5.32 Å². The van der Waals surface area contributed by atoms with E-state index in [4.69, 9.17) is 0 Å². The van der Waals surface area contributed by atoms with E-state index in [2.05, 4.69) is 23.5 Å². The Morgan fingerprint density at radius 1 is 1.65 bits per heavy atom. The predicted molar refractivity (Wildman–Crippen MR) is 71.7 cm³/mol. The fourth-order valence-corrected chi connectivity index (χ4v) is 2.03. The molecule has 1 atom stereocenters. The topological polar surface area (TPSA) is 68.1 Å². The van der Waals surface area contributed by atoms with Gasteiger partial charge >= 0.3 is 0 Å². The summed E-state index contributed by atoms with van der Waals surface area (Å²) in [5.74, 6) is 1.78. The number of aromatic nitrogens is 1. The van der Waals surface area contributed by atoms with Gasteiger partial charge in [-0.05, 0) is 38.3 Å². The first-order chi connectivity index (χ1) is 8.04. The molecule has 0 aliphatic heterocycles. The van der Waals surface area contributed by atoms with Crippen LogP contribution >= 0.6 is 11.8 Å². The smallest absolute Gasteiger partial charge is 0.290 e. The summed E-state index contributed by atoms with van der Waals surface area (Å²) >= 11 is 1.80. The van der Waals surface area contributed by atoms with Crippen molar-refractivity contribution in [1.29, 1.82) is 0 Å². The maximum Gasteiger partial charge on any atom is 0.290 e. The lowest BCUT2D eigenvalue weighted by molar-refractivity contribution is -0.385. The third-order valence-electron chi connectivity index (χ3n) is 2.43. The molecule has 1 heterocycles. The molecule has 94 valence electrons. The van der Waals surface area contributed by atoms with Crippen LogP contribution in [0.4, 0.5) is 11.5 Å². The summed E-state index contributed by atoms with van der Waals surface area (Å²) in [6.45, 7) is 3.80. The summed E-state index contributed by atoms with van der Waals surface area (Å²) in [5.41, 5.74) is 0.692. The Labute approximate surface area is 105 Å². The molecule has 0 aliphatic rings. The van der Waals surface area contributed by atoms with Crippen LogP contribution in [0, 0.1) is 17.0 Å². The van der Waals surface area contributed by atoms with Gasteiger partial charge in [-0.15, -0.1) is 0 Å². The van der Waals surface area contributed by atoms with Crippen molar-refractivity contribution in [3.05, 3.63) is 27.9 Å². The number of pyridine rings is 1. The van der Waals surface area contributed by atoms with Crippen LogP contribution in [0.15, 0.2) is 12.3 Å². The fraction of sp³-hybridized carbons (Fsp3) is 0.545. The fourth-order valence-electron chi connectivity index (χ4n) is 1.44. The molecule has 0 amide bonds. The van der Waals surface area contributed by atoms with Gasteiger partial charge in [0.15, 0.2) is 0 Å². The number of nitrogens with one attached hydrogen (secondary N) is 1. The zero-order valence-corrected chi connectivity index (χ0v) is 11.1. The van der Waals surface area contributed by atoms with Crippen molar-refractivity contribution in [3.8, 4) is 0 Å². The quantitative estimate of drug-likeness (QED) is 0.625. The Kier molecular flexibility index (Phi) is 5.21. The van der Waals surface area contributed by atoms with E-state index in [1.54, 1.807) is 24.8 Å². The van der Waals surface area contributed by atoms with Gasteiger partial charge in [-0.25, -0.2) is 4.98 Å². The van der Waals surface area contributed by atoms with E-state index >= 15 is 0 Å². The van der Waals surface area contributed by atoms with E-state index in [9.17, 15) is 10.1 Å². The summed E-state index contributed by atoms with van der Waals surface area (Å²) in [6, 6.07) is 2.03. The molecular formula is C11H17N3O2S. The van der Waals surface area contributed by atoms with E-state index in [1.807, 2.05) is 0 Å². The van der Waals surface area contributed by atoms with Gasteiger partial charge in [-0.1, -0.05) is 0 Å². The molecule has 0 saturated carbocycles. The Hall–Kier alpha value is -1.30. The van der Waals surface area contributed by atoms with E-state index in [0.717, 1.165) is 12.2 Å². The standard InChI is InChI=1S/C11H17N3O2S/c1-8-6-11(12-7-10(8)14(15)16)13-9(2)4-5-17-3/h6-7,9H,4-5H2,1-3H3,(H,12,13). The molecule has 1 aromatic rings. The van der Waals surface area contributed by atoms with Crippen LogP contribution < -0.4 is 5.32 Å². The lowest BCUT2D eigenvalue weighted by Gasteiger charge is -2.13. The Balaban J connectivity index is 2.67. The van der Waals surface area contributed by atoms with Crippen LogP contribution in [0.1, 0.15) is 18.9 Å². The summed E-state index contributed by atoms with van der Waals surface area (Å²) in [7, 11) is 0. The highest BCUT2D eigenvalue weighted by atomic mass is 32.2. The van der Waals surface area contributed by atoms with Crippen LogP contribution in [0.2, 0.25) is 0 Å². The lowest BCUT2D eigenvalue weighted by Crippen LogP contribution is -2.16. The number of anilines is 1. The summed E-state index contributed by atoms with van der Waals surface area (Å²) < 4.78 is 0.